The summed E-state index contributed by atoms with van der Waals surface area (Å²) in [4.78, 5) is 18.6. The Labute approximate surface area is 175 Å². The van der Waals surface area contributed by atoms with Crippen LogP contribution >= 0.6 is 0 Å². The lowest BCUT2D eigenvalue weighted by molar-refractivity contribution is -0.137. The molecule has 10 heteroatoms. The van der Waals surface area contributed by atoms with E-state index in [4.69, 9.17) is 4.52 Å². The zero-order valence-corrected chi connectivity index (χ0v) is 16.2. The summed E-state index contributed by atoms with van der Waals surface area (Å²) in [5.41, 5.74) is 2.58. The van der Waals surface area contributed by atoms with Crippen molar-refractivity contribution in [3.05, 3.63) is 83.5 Å². The SMILES string of the molecule is FC(F)(F)c1ccc(-c2noc([C@@H]3Cc4nc[nH]c4CN3Cc3ccccn3)n2)cc1. The maximum absolute atomic E-state index is 12.8. The summed E-state index contributed by atoms with van der Waals surface area (Å²) in [6, 6.07) is 10.2. The normalized spacial score (nSPS) is 16.9. The molecule has 31 heavy (non-hydrogen) atoms. The van der Waals surface area contributed by atoms with Crippen molar-refractivity contribution in [1.82, 2.24) is 30.0 Å². The fourth-order valence-corrected chi connectivity index (χ4v) is 3.69. The largest absolute Gasteiger partial charge is 0.416 e. The number of hydrogen-bond donors (Lipinski definition) is 1. The van der Waals surface area contributed by atoms with E-state index in [2.05, 4.69) is 30.0 Å². The molecule has 0 amide bonds. The van der Waals surface area contributed by atoms with Crippen LogP contribution in [0.25, 0.3) is 11.4 Å². The van der Waals surface area contributed by atoms with Gasteiger partial charge in [-0.2, -0.15) is 18.2 Å². The molecule has 0 fully saturated rings. The number of imidazole rings is 1. The van der Waals surface area contributed by atoms with Crippen molar-refractivity contribution in [3.8, 4) is 11.4 Å². The molecule has 3 aromatic heterocycles. The number of H-pyrrole nitrogens is 1. The number of aromatic nitrogens is 5. The molecule has 0 radical (unpaired) electrons. The second kappa shape index (κ2) is 7.62. The third-order valence-electron chi connectivity index (χ3n) is 5.28. The molecule has 4 aromatic rings. The molecule has 0 spiro atoms. The number of fused-ring (bicyclic) bond motifs is 1. The second-order valence-electron chi connectivity index (χ2n) is 7.31. The Bertz CT molecular complexity index is 1170. The summed E-state index contributed by atoms with van der Waals surface area (Å²) in [5.74, 6) is 0.633. The minimum Gasteiger partial charge on any atom is -0.347 e. The molecule has 158 valence electrons. The molecule has 0 unspecified atom stereocenters. The van der Waals surface area contributed by atoms with Gasteiger partial charge in [-0.1, -0.05) is 23.4 Å². The van der Waals surface area contributed by atoms with E-state index in [-0.39, 0.29) is 11.9 Å². The summed E-state index contributed by atoms with van der Waals surface area (Å²) >= 11 is 0. The van der Waals surface area contributed by atoms with Gasteiger partial charge in [-0.05, 0) is 24.3 Å². The lowest BCUT2D eigenvalue weighted by Gasteiger charge is -2.32. The molecular weight excluding hydrogens is 409 g/mol. The minimum atomic E-state index is -4.39. The fraction of sp³-hybridized carbons (Fsp3) is 0.238. The predicted molar refractivity (Wildman–Crippen MR) is 103 cm³/mol. The highest BCUT2D eigenvalue weighted by Crippen LogP contribution is 2.34. The third kappa shape index (κ3) is 3.93. The van der Waals surface area contributed by atoms with Gasteiger partial charge in [-0.15, -0.1) is 0 Å². The molecule has 0 saturated carbocycles. The number of pyridine rings is 1. The summed E-state index contributed by atoms with van der Waals surface area (Å²) < 4.78 is 44.0. The van der Waals surface area contributed by atoms with E-state index in [0.29, 0.717) is 31.0 Å². The van der Waals surface area contributed by atoms with E-state index in [1.54, 1.807) is 12.5 Å². The Morgan fingerprint density at radius 2 is 1.94 bits per heavy atom. The number of benzene rings is 1. The van der Waals surface area contributed by atoms with Crippen LogP contribution < -0.4 is 0 Å². The molecule has 1 atom stereocenters. The van der Waals surface area contributed by atoms with Gasteiger partial charge in [-0.3, -0.25) is 9.88 Å². The topological polar surface area (TPSA) is 83.7 Å². The van der Waals surface area contributed by atoms with Gasteiger partial charge in [0.25, 0.3) is 0 Å². The van der Waals surface area contributed by atoms with Crippen LogP contribution in [0.2, 0.25) is 0 Å². The molecule has 0 bridgehead atoms. The first-order chi connectivity index (χ1) is 15.0. The van der Waals surface area contributed by atoms with Crippen LogP contribution in [0, 0.1) is 0 Å². The van der Waals surface area contributed by atoms with Crippen molar-refractivity contribution < 1.29 is 17.7 Å². The van der Waals surface area contributed by atoms with Gasteiger partial charge < -0.3 is 9.51 Å². The molecule has 1 aliphatic heterocycles. The molecule has 7 nitrogen and oxygen atoms in total. The molecule has 0 saturated heterocycles. The van der Waals surface area contributed by atoms with Gasteiger partial charge in [-0.25, -0.2) is 4.98 Å². The minimum absolute atomic E-state index is 0.228. The van der Waals surface area contributed by atoms with Gasteiger partial charge in [0.05, 0.1) is 35.0 Å². The first-order valence-electron chi connectivity index (χ1n) is 9.64. The molecule has 0 aliphatic carbocycles. The fourth-order valence-electron chi connectivity index (χ4n) is 3.69. The van der Waals surface area contributed by atoms with Crippen LogP contribution in [0.5, 0.6) is 0 Å². The lowest BCUT2D eigenvalue weighted by atomic mass is 10.0. The number of halogens is 3. The van der Waals surface area contributed by atoms with E-state index in [9.17, 15) is 13.2 Å². The first kappa shape index (κ1) is 19.4. The molecule has 1 aliphatic rings. The second-order valence-corrected chi connectivity index (χ2v) is 7.31. The predicted octanol–water partition coefficient (Wildman–Crippen LogP) is 4.17. The van der Waals surface area contributed by atoms with Crippen molar-refractivity contribution in [2.45, 2.75) is 31.7 Å². The Morgan fingerprint density at radius 3 is 2.68 bits per heavy atom. The molecule has 5 rings (SSSR count). The number of aromatic amines is 1. The van der Waals surface area contributed by atoms with Crippen LogP contribution in [0.1, 0.15) is 34.6 Å². The molecule has 4 heterocycles. The average Bonchev–Trinajstić information content (AvgIpc) is 3.43. The highest BCUT2D eigenvalue weighted by molar-refractivity contribution is 5.55. The van der Waals surface area contributed by atoms with Gasteiger partial charge in [0.2, 0.25) is 11.7 Å². The number of nitrogens with one attached hydrogen (secondary N) is 1. The molecule has 1 aromatic carbocycles. The Hall–Kier alpha value is -3.53. The third-order valence-corrected chi connectivity index (χ3v) is 5.28. The van der Waals surface area contributed by atoms with Crippen LogP contribution in [0.15, 0.2) is 59.5 Å². The van der Waals surface area contributed by atoms with Crippen molar-refractivity contribution >= 4 is 0 Å². The van der Waals surface area contributed by atoms with E-state index in [0.717, 1.165) is 29.2 Å². The number of rotatable bonds is 4. The Kier molecular flexibility index (Phi) is 4.78. The van der Waals surface area contributed by atoms with E-state index < -0.39 is 11.7 Å². The highest BCUT2D eigenvalue weighted by atomic mass is 19.4. The number of hydrogen-bond acceptors (Lipinski definition) is 6. The summed E-state index contributed by atoms with van der Waals surface area (Å²) in [6.45, 7) is 1.18. The van der Waals surface area contributed by atoms with Crippen molar-refractivity contribution in [2.24, 2.45) is 0 Å². The summed E-state index contributed by atoms with van der Waals surface area (Å²) in [6.07, 6.45) is -0.421. The van der Waals surface area contributed by atoms with Crippen LogP contribution in [-0.4, -0.2) is 30.0 Å². The monoisotopic (exact) mass is 426 g/mol. The smallest absolute Gasteiger partial charge is 0.347 e. The van der Waals surface area contributed by atoms with E-state index in [1.165, 1.54) is 12.1 Å². The zero-order valence-electron chi connectivity index (χ0n) is 16.2. The Morgan fingerprint density at radius 1 is 1.10 bits per heavy atom. The van der Waals surface area contributed by atoms with E-state index in [1.807, 2.05) is 18.2 Å². The van der Waals surface area contributed by atoms with Crippen LogP contribution in [0.3, 0.4) is 0 Å². The van der Waals surface area contributed by atoms with Crippen LogP contribution in [-0.2, 0) is 25.7 Å². The first-order valence-corrected chi connectivity index (χ1v) is 9.64. The van der Waals surface area contributed by atoms with E-state index >= 15 is 0 Å². The standard InChI is InChI=1S/C21H17F3N6O/c22-21(23,24)14-6-4-13(5-7-14)19-28-20(31-29-19)18-9-16-17(27-12-26-16)11-30(18)10-15-3-1-2-8-25-15/h1-8,12,18H,9-11H2,(H,26,27)/t18-/m0/s1. The van der Waals surface area contributed by atoms with Crippen molar-refractivity contribution in [2.75, 3.05) is 0 Å². The van der Waals surface area contributed by atoms with Crippen molar-refractivity contribution in [3.63, 3.8) is 0 Å². The van der Waals surface area contributed by atoms with Crippen LogP contribution in [0.4, 0.5) is 13.2 Å². The summed E-state index contributed by atoms with van der Waals surface area (Å²) in [7, 11) is 0. The number of alkyl halides is 3. The molecular formula is C21H17F3N6O. The highest BCUT2D eigenvalue weighted by Gasteiger charge is 2.34. The quantitative estimate of drug-likeness (QED) is 0.527. The van der Waals surface area contributed by atoms with Gasteiger partial charge in [0, 0.05) is 31.3 Å². The van der Waals surface area contributed by atoms with Gasteiger partial charge >= 0.3 is 6.18 Å². The number of nitrogens with zero attached hydrogens (tertiary/aromatic N) is 5. The average molecular weight is 426 g/mol. The van der Waals surface area contributed by atoms with Gasteiger partial charge in [0.15, 0.2) is 0 Å². The van der Waals surface area contributed by atoms with Crippen molar-refractivity contribution in [1.29, 1.82) is 0 Å². The lowest BCUT2D eigenvalue weighted by Crippen LogP contribution is -2.34. The molecule has 1 N–H and O–H groups in total. The zero-order chi connectivity index (χ0) is 21.4. The Balaban J connectivity index is 1.43. The maximum atomic E-state index is 12.8. The maximum Gasteiger partial charge on any atom is 0.416 e. The van der Waals surface area contributed by atoms with Gasteiger partial charge in [0.1, 0.15) is 0 Å². The summed E-state index contributed by atoms with van der Waals surface area (Å²) in [5, 5.41) is 4.00.